The summed E-state index contributed by atoms with van der Waals surface area (Å²) in [5.74, 6) is 0.442. The summed E-state index contributed by atoms with van der Waals surface area (Å²) in [6.45, 7) is 4.30. The molecule has 0 bridgehead atoms. The topological polar surface area (TPSA) is 88.8 Å². The van der Waals surface area contributed by atoms with E-state index in [9.17, 15) is 14.7 Å². The number of aliphatic hydroxyl groups excluding tert-OH is 1. The number of aryl methyl sites for hydroxylation is 1. The van der Waals surface area contributed by atoms with Crippen molar-refractivity contribution in [1.29, 1.82) is 0 Å². The zero-order chi connectivity index (χ0) is 19.8. The molecule has 0 fully saturated rings. The van der Waals surface area contributed by atoms with Crippen LogP contribution >= 0.6 is 0 Å². The highest BCUT2D eigenvalue weighted by molar-refractivity contribution is 6.33. The van der Waals surface area contributed by atoms with E-state index in [1.165, 1.54) is 0 Å². The van der Waals surface area contributed by atoms with Gasteiger partial charge in [-0.3, -0.25) is 9.59 Å². The Bertz CT molecular complexity index is 1010. The Kier molecular flexibility index (Phi) is 4.65. The third kappa shape index (κ3) is 2.68. The predicted octanol–water partition coefficient (Wildman–Crippen LogP) is 3.71. The number of ketones is 2. The van der Waals surface area contributed by atoms with Crippen LogP contribution < -0.4 is 10.1 Å². The maximum atomic E-state index is 13.4. The van der Waals surface area contributed by atoms with Crippen molar-refractivity contribution in [1.82, 2.24) is 0 Å². The van der Waals surface area contributed by atoms with Gasteiger partial charge in [-0.2, -0.15) is 0 Å². The summed E-state index contributed by atoms with van der Waals surface area (Å²) in [4.78, 5) is 26.7. The molecule has 2 aromatic carbocycles. The summed E-state index contributed by atoms with van der Waals surface area (Å²) in [5, 5.41) is 13.1. The van der Waals surface area contributed by atoms with E-state index in [1.807, 2.05) is 13.0 Å². The van der Waals surface area contributed by atoms with Gasteiger partial charge in [0.15, 0.2) is 22.9 Å². The first-order chi connectivity index (χ1) is 13.6. The van der Waals surface area contributed by atoms with Gasteiger partial charge in [-0.1, -0.05) is 31.2 Å². The molecular weight excluding hydrogens is 358 g/mol. The molecule has 2 N–H and O–H groups in total. The van der Waals surface area contributed by atoms with E-state index >= 15 is 0 Å². The lowest BCUT2D eigenvalue weighted by molar-refractivity contribution is 0.0976. The number of nitrogens with one attached hydrogen (secondary N) is 1. The highest BCUT2D eigenvalue weighted by Crippen LogP contribution is 2.45. The molecular formula is C22H21NO5. The van der Waals surface area contributed by atoms with Gasteiger partial charge in [0.05, 0.1) is 30.0 Å². The van der Waals surface area contributed by atoms with Crippen molar-refractivity contribution in [3.05, 3.63) is 58.3 Å². The molecule has 0 radical (unpaired) electrons. The Hall–Kier alpha value is -3.12. The average molecular weight is 379 g/mol. The number of ether oxygens (including phenoxy) is 1. The van der Waals surface area contributed by atoms with Crippen LogP contribution in [-0.4, -0.2) is 36.4 Å². The zero-order valence-electron chi connectivity index (χ0n) is 15.8. The van der Waals surface area contributed by atoms with Crippen LogP contribution in [0.25, 0.3) is 11.0 Å². The number of hydrogen-bond acceptors (Lipinski definition) is 6. The maximum Gasteiger partial charge on any atom is 0.198 e. The third-order valence-electron chi connectivity index (χ3n) is 4.79. The van der Waals surface area contributed by atoms with Crippen molar-refractivity contribution in [3.63, 3.8) is 0 Å². The van der Waals surface area contributed by atoms with E-state index in [0.717, 1.165) is 6.42 Å². The van der Waals surface area contributed by atoms with Gasteiger partial charge in [-0.25, -0.2) is 0 Å². The van der Waals surface area contributed by atoms with Crippen LogP contribution in [0.4, 0.5) is 5.69 Å². The Morgan fingerprint density at radius 3 is 2.43 bits per heavy atom. The van der Waals surface area contributed by atoms with Crippen LogP contribution in [0.5, 0.6) is 5.75 Å². The molecule has 6 heteroatoms. The number of furan rings is 1. The maximum absolute atomic E-state index is 13.4. The molecule has 1 aromatic heterocycles. The summed E-state index contributed by atoms with van der Waals surface area (Å²) in [6.07, 6.45) is 0.749. The molecule has 0 unspecified atom stereocenters. The monoisotopic (exact) mass is 379 g/mol. The second kappa shape index (κ2) is 7.13. The number of hydrogen-bond donors (Lipinski definition) is 2. The first-order valence-corrected chi connectivity index (χ1v) is 9.34. The quantitative estimate of drug-likeness (QED) is 0.531. The van der Waals surface area contributed by atoms with Crippen LogP contribution in [0.3, 0.4) is 0 Å². The molecule has 3 aromatic rings. The molecule has 0 spiro atoms. The normalized spacial score (nSPS) is 12.8. The van der Waals surface area contributed by atoms with Crippen molar-refractivity contribution in [2.75, 3.05) is 25.1 Å². The van der Waals surface area contributed by atoms with Crippen molar-refractivity contribution < 1.29 is 23.8 Å². The van der Waals surface area contributed by atoms with Gasteiger partial charge in [-0.05, 0) is 19.4 Å². The van der Waals surface area contributed by atoms with E-state index in [-0.39, 0.29) is 35.8 Å². The molecule has 28 heavy (non-hydrogen) atoms. The lowest BCUT2D eigenvalue weighted by Crippen LogP contribution is -2.24. The highest BCUT2D eigenvalue weighted by atomic mass is 16.5. The molecule has 0 atom stereocenters. The minimum atomic E-state index is -0.265. The molecule has 1 heterocycles. The number of carbonyl (C=O) groups excluding carboxylic acids is 2. The fourth-order valence-corrected chi connectivity index (χ4v) is 3.65. The molecule has 0 amide bonds. The highest BCUT2D eigenvalue weighted by Gasteiger charge is 2.37. The molecule has 1 aliphatic rings. The number of fused-ring (bicyclic) bond motifs is 3. The van der Waals surface area contributed by atoms with Crippen molar-refractivity contribution in [2.45, 2.75) is 20.3 Å². The van der Waals surface area contributed by atoms with Crippen LogP contribution in [0.2, 0.25) is 0 Å². The van der Waals surface area contributed by atoms with Crippen molar-refractivity contribution in [2.24, 2.45) is 0 Å². The first-order valence-electron chi connectivity index (χ1n) is 9.34. The van der Waals surface area contributed by atoms with E-state index < -0.39 is 0 Å². The average Bonchev–Trinajstić information content (AvgIpc) is 3.09. The number of carbonyl (C=O) groups is 2. The lowest BCUT2D eigenvalue weighted by atomic mass is 9.81. The fraction of sp³-hybridized carbons (Fsp3) is 0.273. The third-order valence-corrected chi connectivity index (χ3v) is 4.79. The Morgan fingerprint density at radius 2 is 1.79 bits per heavy atom. The molecule has 6 nitrogen and oxygen atoms in total. The summed E-state index contributed by atoms with van der Waals surface area (Å²) in [6, 6.07) is 8.60. The molecule has 0 saturated heterocycles. The number of benzene rings is 2. The minimum absolute atomic E-state index is 0.111. The van der Waals surface area contributed by atoms with Crippen LogP contribution in [0, 0.1) is 6.92 Å². The van der Waals surface area contributed by atoms with E-state index in [2.05, 4.69) is 5.32 Å². The smallest absolute Gasteiger partial charge is 0.198 e. The van der Waals surface area contributed by atoms with Gasteiger partial charge in [-0.15, -0.1) is 0 Å². The SMILES string of the molecule is CCCOc1c2c(c(NCCO)c3cc(C)oc13)C(=O)c1ccccc1C2=O. The summed E-state index contributed by atoms with van der Waals surface area (Å²) in [7, 11) is 0. The van der Waals surface area contributed by atoms with Gasteiger partial charge < -0.3 is 19.6 Å². The van der Waals surface area contributed by atoms with E-state index in [0.29, 0.717) is 45.9 Å². The van der Waals surface area contributed by atoms with Crippen LogP contribution in [0.1, 0.15) is 50.9 Å². The Labute approximate surface area is 162 Å². The molecule has 1 aliphatic carbocycles. The molecule has 4 rings (SSSR count). The Morgan fingerprint density at radius 1 is 1.11 bits per heavy atom. The first kappa shape index (κ1) is 18.3. The van der Waals surface area contributed by atoms with Gasteiger partial charge in [0.2, 0.25) is 0 Å². The van der Waals surface area contributed by atoms with Gasteiger partial charge in [0.25, 0.3) is 0 Å². The van der Waals surface area contributed by atoms with Crippen molar-refractivity contribution in [3.8, 4) is 5.75 Å². The molecule has 0 aliphatic heterocycles. The molecule has 0 saturated carbocycles. The minimum Gasteiger partial charge on any atom is -0.489 e. The fourth-order valence-electron chi connectivity index (χ4n) is 3.65. The standard InChI is InChI=1S/C22H21NO5/c1-3-10-27-22-17-16(19(25)13-6-4-5-7-14(13)20(17)26)18(23-8-9-24)15-11-12(2)28-21(15)22/h4-7,11,23-24H,3,8-10H2,1-2H3. The second-order valence-corrected chi connectivity index (χ2v) is 6.76. The van der Waals surface area contributed by atoms with Crippen LogP contribution in [0.15, 0.2) is 34.7 Å². The number of rotatable bonds is 6. The lowest BCUT2D eigenvalue weighted by Gasteiger charge is -2.24. The van der Waals surface area contributed by atoms with E-state index in [4.69, 9.17) is 9.15 Å². The van der Waals surface area contributed by atoms with E-state index in [1.54, 1.807) is 31.2 Å². The summed E-state index contributed by atoms with van der Waals surface area (Å²) < 4.78 is 11.8. The largest absolute Gasteiger partial charge is 0.489 e. The van der Waals surface area contributed by atoms with Crippen LogP contribution in [-0.2, 0) is 0 Å². The number of anilines is 1. The number of aliphatic hydroxyl groups is 1. The zero-order valence-corrected chi connectivity index (χ0v) is 15.8. The Balaban J connectivity index is 2.09. The summed E-state index contributed by atoms with van der Waals surface area (Å²) >= 11 is 0. The van der Waals surface area contributed by atoms with Crippen molar-refractivity contribution >= 4 is 28.2 Å². The predicted molar refractivity (Wildman–Crippen MR) is 106 cm³/mol. The van der Waals surface area contributed by atoms with Gasteiger partial charge >= 0.3 is 0 Å². The second-order valence-electron chi connectivity index (χ2n) is 6.76. The van der Waals surface area contributed by atoms with Gasteiger partial charge in [0.1, 0.15) is 5.76 Å². The van der Waals surface area contributed by atoms with Gasteiger partial charge in [0, 0.05) is 23.1 Å². The summed E-state index contributed by atoms with van der Waals surface area (Å²) in [5.41, 5.74) is 2.15. The molecule has 144 valence electrons.